The van der Waals surface area contributed by atoms with Gasteiger partial charge in [0.25, 0.3) is 0 Å². The quantitative estimate of drug-likeness (QED) is 0.795. The largest absolute Gasteiger partial charge is 0.334 e. The van der Waals surface area contributed by atoms with Crippen LogP contribution in [0.4, 0.5) is 0 Å². The van der Waals surface area contributed by atoms with Crippen molar-refractivity contribution in [1.82, 2.24) is 19.2 Å². The highest BCUT2D eigenvalue weighted by Crippen LogP contribution is 2.22. The molecule has 1 fully saturated rings. The van der Waals surface area contributed by atoms with Gasteiger partial charge in [0, 0.05) is 43.3 Å². The van der Waals surface area contributed by atoms with E-state index in [1.807, 2.05) is 20.9 Å². The summed E-state index contributed by atoms with van der Waals surface area (Å²) in [5.41, 5.74) is 0.753. The van der Waals surface area contributed by atoms with Gasteiger partial charge in [-0.1, -0.05) is 11.6 Å². The molecule has 0 spiro atoms. The Balaban J connectivity index is 1.78. The first kappa shape index (κ1) is 14.6. The summed E-state index contributed by atoms with van der Waals surface area (Å²) in [6.45, 7) is 4.65. The van der Waals surface area contributed by atoms with Gasteiger partial charge >= 0.3 is 0 Å². The van der Waals surface area contributed by atoms with Gasteiger partial charge in [0.15, 0.2) is 10.1 Å². The number of rotatable bonds is 2. The topological polar surface area (TPSA) is 40.8 Å². The Kier molecular flexibility index (Phi) is 4.01. The summed E-state index contributed by atoms with van der Waals surface area (Å²) >= 11 is 7.64. The highest BCUT2D eigenvalue weighted by Gasteiger charge is 2.24. The number of piperazine rings is 1. The Morgan fingerprint density at radius 1 is 1.52 bits per heavy atom. The molecular weight excluding hydrogens is 308 g/mol. The summed E-state index contributed by atoms with van der Waals surface area (Å²) in [6, 6.07) is 0.225. The summed E-state index contributed by atoms with van der Waals surface area (Å²) in [5.74, 6) is 0.0249. The van der Waals surface area contributed by atoms with E-state index in [0.717, 1.165) is 30.3 Å². The molecule has 1 aliphatic heterocycles. The molecule has 3 heterocycles. The van der Waals surface area contributed by atoms with Gasteiger partial charge in [0.05, 0.1) is 5.69 Å². The monoisotopic (exact) mass is 324 g/mol. The van der Waals surface area contributed by atoms with Crippen molar-refractivity contribution in [2.75, 3.05) is 26.7 Å². The molecule has 1 saturated heterocycles. The minimum Gasteiger partial charge on any atom is -0.334 e. The molecule has 2 aromatic heterocycles. The van der Waals surface area contributed by atoms with Gasteiger partial charge < -0.3 is 9.80 Å². The average Bonchev–Trinajstić information content (AvgIpc) is 2.97. The van der Waals surface area contributed by atoms with Gasteiger partial charge in [-0.25, -0.2) is 4.98 Å². The highest BCUT2D eigenvalue weighted by atomic mass is 35.5. The first-order valence-corrected chi connectivity index (χ1v) is 8.10. The Morgan fingerprint density at radius 2 is 2.33 bits per heavy atom. The number of fused-ring (bicyclic) bond motifs is 1. The number of aromatic nitrogens is 2. The van der Waals surface area contributed by atoms with Crippen molar-refractivity contribution in [3.8, 4) is 0 Å². The molecule has 0 bridgehead atoms. The van der Waals surface area contributed by atoms with Crippen molar-refractivity contribution in [1.29, 1.82) is 0 Å². The summed E-state index contributed by atoms with van der Waals surface area (Å²) in [5, 5.41) is 2.37. The van der Waals surface area contributed by atoms with Crippen LogP contribution in [0, 0.1) is 0 Å². The van der Waals surface area contributed by atoms with Crippen molar-refractivity contribution in [3.05, 3.63) is 28.5 Å². The third-order valence-corrected chi connectivity index (χ3v) is 4.79. The van der Waals surface area contributed by atoms with Crippen molar-refractivity contribution >= 4 is 39.9 Å². The normalized spacial score (nSPS) is 20.7. The number of carbonyl (C=O) groups excluding carboxylic acids is 1. The number of thiazole rings is 1. The second kappa shape index (κ2) is 5.79. The number of imidazole rings is 1. The van der Waals surface area contributed by atoms with Crippen LogP contribution in [0.1, 0.15) is 12.6 Å². The van der Waals surface area contributed by atoms with Crippen molar-refractivity contribution < 1.29 is 4.79 Å². The second-order valence-electron chi connectivity index (χ2n) is 5.32. The third-order valence-electron chi connectivity index (χ3n) is 3.75. The van der Waals surface area contributed by atoms with Gasteiger partial charge in [-0.05, 0) is 20.0 Å². The molecule has 1 aliphatic rings. The molecule has 0 radical (unpaired) electrons. The fourth-order valence-electron chi connectivity index (χ4n) is 2.64. The average molecular weight is 325 g/mol. The van der Waals surface area contributed by atoms with Crippen LogP contribution < -0.4 is 0 Å². The number of hydrogen-bond acceptors (Lipinski definition) is 4. The minimum absolute atomic E-state index is 0.0249. The van der Waals surface area contributed by atoms with Crippen LogP contribution in [0.15, 0.2) is 17.7 Å². The molecule has 7 heteroatoms. The SMILES string of the molecule is CC1CN(C)CCN1C(=O)/C=C/c1c(Cl)nc2sccn12. The molecule has 0 aromatic carbocycles. The molecule has 21 heavy (non-hydrogen) atoms. The maximum Gasteiger partial charge on any atom is 0.246 e. The van der Waals surface area contributed by atoms with Gasteiger partial charge in [-0.2, -0.15) is 0 Å². The number of halogens is 1. The molecule has 2 aromatic rings. The summed E-state index contributed by atoms with van der Waals surface area (Å²) in [6.07, 6.45) is 5.25. The lowest BCUT2D eigenvalue weighted by Crippen LogP contribution is -2.52. The lowest BCUT2D eigenvalue weighted by Gasteiger charge is -2.37. The molecule has 1 amide bonds. The molecule has 1 unspecified atom stereocenters. The van der Waals surface area contributed by atoms with Crippen LogP contribution in [-0.4, -0.2) is 57.8 Å². The van der Waals surface area contributed by atoms with E-state index in [0.29, 0.717) is 5.15 Å². The van der Waals surface area contributed by atoms with Crippen LogP contribution in [0.2, 0.25) is 5.15 Å². The van der Waals surface area contributed by atoms with E-state index in [4.69, 9.17) is 11.6 Å². The van der Waals surface area contributed by atoms with E-state index >= 15 is 0 Å². The van der Waals surface area contributed by atoms with E-state index < -0.39 is 0 Å². The number of nitrogens with zero attached hydrogens (tertiary/aromatic N) is 4. The lowest BCUT2D eigenvalue weighted by molar-refractivity contribution is -0.130. The molecule has 112 valence electrons. The van der Waals surface area contributed by atoms with Crippen LogP contribution in [0.5, 0.6) is 0 Å². The maximum atomic E-state index is 12.3. The van der Waals surface area contributed by atoms with Gasteiger partial charge in [0.1, 0.15) is 0 Å². The van der Waals surface area contributed by atoms with Crippen molar-refractivity contribution in [3.63, 3.8) is 0 Å². The number of amides is 1. The van der Waals surface area contributed by atoms with Gasteiger partial charge in [-0.15, -0.1) is 11.3 Å². The summed E-state index contributed by atoms with van der Waals surface area (Å²) < 4.78 is 1.89. The molecule has 0 N–H and O–H groups in total. The Labute approximate surface area is 132 Å². The summed E-state index contributed by atoms with van der Waals surface area (Å²) in [7, 11) is 2.08. The lowest BCUT2D eigenvalue weighted by atomic mass is 10.2. The van der Waals surface area contributed by atoms with E-state index in [1.165, 1.54) is 11.3 Å². The zero-order valence-corrected chi connectivity index (χ0v) is 13.6. The van der Waals surface area contributed by atoms with E-state index in [2.05, 4.69) is 23.9 Å². The predicted octanol–water partition coefficient (Wildman–Crippen LogP) is 2.22. The van der Waals surface area contributed by atoms with Crippen molar-refractivity contribution in [2.24, 2.45) is 0 Å². The molecule has 0 saturated carbocycles. The first-order chi connectivity index (χ1) is 10.1. The molecular formula is C14H17ClN4OS. The molecule has 5 nitrogen and oxygen atoms in total. The molecule has 3 rings (SSSR count). The Bertz CT molecular complexity index is 692. The van der Waals surface area contributed by atoms with E-state index in [-0.39, 0.29) is 11.9 Å². The van der Waals surface area contributed by atoms with Crippen LogP contribution >= 0.6 is 22.9 Å². The molecule has 1 atom stereocenters. The van der Waals surface area contributed by atoms with E-state index in [9.17, 15) is 4.79 Å². The van der Waals surface area contributed by atoms with Gasteiger partial charge in [0.2, 0.25) is 5.91 Å². The smallest absolute Gasteiger partial charge is 0.246 e. The maximum absolute atomic E-state index is 12.3. The van der Waals surface area contributed by atoms with Crippen LogP contribution in [0.25, 0.3) is 11.0 Å². The predicted molar refractivity (Wildman–Crippen MR) is 85.8 cm³/mol. The van der Waals surface area contributed by atoms with Crippen molar-refractivity contribution in [2.45, 2.75) is 13.0 Å². The summed E-state index contributed by atoms with van der Waals surface area (Å²) in [4.78, 5) is 21.6. The third kappa shape index (κ3) is 2.84. The van der Waals surface area contributed by atoms with E-state index in [1.54, 1.807) is 12.2 Å². The Morgan fingerprint density at radius 3 is 3.10 bits per heavy atom. The fraction of sp³-hybridized carbons (Fsp3) is 0.429. The molecule has 0 aliphatic carbocycles. The number of carbonyl (C=O) groups is 1. The standard InChI is InChI=1S/C14H17ClN4OS/c1-10-9-17(2)5-6-18(10)12(20)4-3-11-13(15)16-14-19(11)7-8-21-14/h3-4,7-8,10H,5-6,9H2,1-2H3/b4-3+. The minimum atomic E-state index is 0.0249. The highest BCUT2D eigenvalue weighted by molar-refractivity contribution is 7.15. The van der Waals surface area contributed by atoms with Crippen LogP contribution in [-0.2, 0) is 4.79 Å². The first-order valence-electron chi connectivity index (χ1n) is 6.84. The number of hydrogen-bond donors (Lipinski definition) is 0. The zero-order valence-electron chi connectivity index (χ0n) is 12.0. The Hall–Kier alpha value is -1.37. The van der Waals surface area contributed by atoms with Crippen LogP contribution in [0.3, 0.4) is 0 Å². The fourth-order valence-corrected chi connectivity index (χ4v) is 3.64. The van der Waals surface area contributed by atoms with Gasteiger partial charge in [-0.3, -0.25) is 9.20 Å². The zero-order chi connectivity index (χ0) is 15.0. The second-order valence-corrected chi connectivity index (χ2v) is 6.55. The number of likely N-dealkylation sites (N-methyl/N-ethyl adjacent to an activating group) is 1.